The Morgan fingerprint density at radius 3 is 1.72 bits per heavy atom. The summed E-state index contributed by atoms with van der Waals surface area (Å²) in [5, 5.41) is 11.1. The number of carbonyl (C=O) groups is 4. The molecule has 4 heterocycles. The second-order valence-electron chi connectivity index (χ2n) is 10.9. The number of carbonyl (C=O) groups excluding carboxylic acids is 4. The summed E-state index contributed by atoms with van der Waals surface area (Å²) in [6.07, 6.45) is 4.79. The molecule has 1 aliphatic rings. The summed E-state index contributed by atoms with van der Waals surface area (Å²) < 4.78 is 23.4. The van der Waals surface area contributed by atoms with Crippen molar-refractivity contribution in [3.63, 3.8) is 0 Å². The summed E-state index contributed by atoms with van der Waals surface area (Å²) in [7, 11) is 5.03. The van der Waals surface area contributed by atoms with Gasteiger partial charge in [0.05, 0.1) is 40.9 Å². The third kappa shape index (κ3) is 7.65. The maximum Gasteiger partial charge on any atom is 0.272 e. The van der Waals surface area contributed by atoms with Crippen molar-refractivity contribution < 1.29 is 28.3 Å². The first-order chi connectivity index (χ1) is 22.0. The highest BCUT2D eigenvalue weighted by Crippen LogP contribution is 2.22. The van der Waals surface area contributed by atoms with Gasteiger partial charge in [-0.15, -0.1) is 0 Å². The predicted octanol–water partition coefficient (Wildman–Crippen LogP) is 3.31. The number of ether oxygens (including phenoxy) is 1. The number of anilines is 3. The van der Waals surface area contributed by atoms with E-state index in [0.717, 1.165) is 31.8 Å². The van der Waals surface area contributed by atoms with Gasteiger partial charge in [-0.1, -0.05) is 11.6 Å². The van der Waals surface area contributed by atoms with Crippen LogP contribution in [0.4, 0.5) is 21.5 Å². The zero-order chi connectivity index (χ0) is 33.0. The topological polar surface area (TPSA) is 144 Å². The van der Waals surface area contributed by atoms with E-state index in [9.17, 15) is 23.6 Å². The van der Waals surface area contributed by atoms with E-state index in [2.05, 4.69) is 26.2 Å². The van der Waals surface area contributed by atoms with Gasteiger partial charge in [-0.25, -0.2) is 4.39 Å². The smallest absolute Gasteiger partial charge is 0.272 e. The number of nitrogens with one attached hydrogen (secondary N) is 4. The van der Waals surface area contributed by atoms with Crippen LogP contribution in [0.2, 0.25) is 5.02 Å². The van der Waals surface area contributed by atoms with E-state index < -0.39 is 23.5 Å². The van der Waals surface area contributed by atoms with Gasteiger partial charge in [0, 0.05) is 65.9 Å². The van der Waals surface area contributed by atoms with E-state index in [0.29, 0.717) is 42.5 Å². The number of rotatable bonds is 10. The minimum Gasteiger partial charge on any atom is -0.379 e. The summed E-state index contributed by atoms with van der Waals surface area (Å²) in [6, 6.07) is 8.05. The Morgan fingerprint density at radius 2 is 1.22 bits per heavy atom. The van der Waals surface area contributed by atoms with Crippen LogP contribution in [-0.2, 0) is 25.9 Å². The molecule has 1 fully saturated rings. The molecule has 0 saturated carbocycles. The van der Waals surface area contributed by atoms with Gasteiger partial charge < -0.3 is 39.7 Å². The molecule has 46 heavy (non-hydrogen) atoms. The molecule has 1 saturated heterocycles. The molecule has 1 aromatic carbocycles. The molecule has 15 heteroatoms. The SMILES string of the molecule is Cn1cc(NC(=O)c2cc(NC(=O)c3cc(NC(=O)c4ccc(F)cc4Cl)cn3C)cn2C)cc1C(=O)NCCN1CCOCC1. The van der Waals surface area contributed by atoms with Crippen LogP contribution in [0.3, 0.4) is 0 Å². The first kappa shape index (κ1) is 32.5. The second kappa shape index (κ2) is 14.0. The number of hydrogen-bond acceptors (Lipinski definition) is 6. The molecular formula is C31H34ClFN8O5. The van der Waals surface area contributed by atoms with Gasteiger partial charge in [0.25, 0.3) is 23.6 Å². The van der Waals surface area contributed by atoms with E-state index in [-0.39, 0.29) is 27.9 Å². The highest BCUT2D eigenvalue weighted by Gasteiger charge is 2.20. The van der Waals surface area contributed by atoms with Crippen LogP contribution in [0, 0.1) is 5.82 Å². The largest absolute Gasteiger partial charge is 0.379 e. The lowest BCUT2D eigenvalue weighted by Gasteiger charge is -2.26. The number of aromatic nitrogens is 3. The Kier molecular flexibility index (Phi) is 9.90. The Bertz CT molecular complexity index is 1790. The highest BCUT2D eigenvalue weighted by atomic mass is 35.5. The molecule has 1 aliphatic heterocycles. The van der Waals surface area contributed by atoms with Gasteiger partial charge in [-0.05, 0) is 36.4 Å². The van der Waals surface area contributed by atoms with Crippen molar-refractivity contribution in [3.8, 4) is 0 Å². The van der Waals surface area contributed by atoms with E-state index in [1.165, 1.54) is 22.8 Å². The van der Waals surface area contributed by atoms with E-state index >= 15 is 0 Å². The predicted molar refractivity (Wildman–Crippen MR) is 171 cm³/mol. The molecule has 4 amide bonds. The van der Waals surface area contributed by atoms with Crippen LogP contribution < -0.4 is 21.3 Å². The van der Waals surface area contributed by atoms with Crippen molar-refractivity contribution in [1.29, 1.82) is 0 Å². The van der Waals surface area contributed by atoms with Crippen LogP contribution in [-0.4, -0.2) is 81.6 Å². The van der Waals surface area contributed by atoms with Crippen LogP contribution in [0.1, 0.15) is 41.8 Å². The molecule has 242 valence electrons. The van der Waals surface area contributed by atoms with Gasteiger partial charge in [0.1, 0.15) is 22.9 Å². The summed E-state index contributed by atoms with van der Waals surface area (Å²) in [5.41, 5.74) is 2.13. The summed E-state index contributed by atoms with van der Waals surface area (Å²) >= 11 is 5.99. The zero-order valence-corrected chi connectivity index (χ0v) is 26.3. The minimum atomic E-state index is -0.564. The van der Waals surface area contributed by atoms with Crippen LogP contribution in [0.5, 0.6) is 0 Å². The van der Waals surface area contributed by atoms with Crippen molar-refractivity contribution in [3.05, 3.63) is 88.5 Å². The Balaban J connectivity index is 1.17. The fourth-order valence-corrected chi connectivity index (χ4v) is 5.33. The van der Waals surface area contributed by atoms with Crippen LogP contribution in [0.25, 0.3) is 0 Å². The molecule has 0 radical (unpaired) electrons. The number of nitrogens with zero attached hydrogens (tertiary/aromatic N) is 4. The molecule has 13 nitrogen and oxygen atoms in total. The molecule has 0 bridgehead atoms. The van der Waals surface area contributed by atoms with Crippen molar-refractivity contribution in [1.82, 2.24) is 23.9 Å². The van der Waals surface area contributed by atoms with Crippen molar-refractivity contribution in [2.75, 3.05) is 55.3 Å². The van der Waals surface area contributed by atoms with E-state index in [4.69, 9.17) is 16.3 Å². The minimum absolute atomic E-state index is 0.0383. The average molecular weight is 653 g/mol. The normalized spacial score (nSPS) is 13.3. The molecular weight excluding hydrogens is 619 g/mol. The maximum atomic E-state index is 13.3. The first-order valence-corrected chi connectivity index (χ1v) is 14.8. The molecule has 3 aromatic heterocycles. The quantitative estimate of drug-likeness (QED) is 0.207. The molecule has 5 rings (SSSR count). The molecule has 0 atom stereocenters. The number of amides is 4. The number of morpholine rings is 1. The Labute approximate surface area is 269 Å². The van der Waals surface area contributed by atoms with Crippen LogP contribution in [0.15, 0.2) is 55.0 Å². The summed E-state index contributed by atoms with van der Waals surface area (Å²) in [6.45, 7) is 4.27. The molecule has 0 unspecified atom stereocenters. The first-order valence-electron chi connectivity index (χ1n) is 14.4. The fourth-order valence-electron chi connectivity index (χ4n) is 5.08. The zero-order valence-electron chi connectivity index (χ0n) is 25.5. The lowest BCUT2D eigenvalue weighted by Crippen LogP contribution is -2.41. The monoisotopic (exact) mass is 652 g/mol. The van der Waals surface area contributed by atoms with Crippen molar-refractivity contribution in [2.24, 2.45) is 21.1 Å². The summed E-state index contributed by atoms with van der Waals surface area (Å²) in [5.74, 6) is -2.28. The third-order valence-electron chi connectivity index (χ3n) is 7.48. The van der Waals surface area contributed by atoms with Gasteiger partial charge in [0.15, 0.2) is 0 Å². The van der Waals surface area contributed by atoms with Gasteiger partial charge in [-0.2, -0.15) is 0 Å². The molecule has 4 N–H and O–H groups in total. The van der Waals surface area contributed by atoms with Gasteiger partial charge in [-0.3, -0.25) is 24.1 Å². The van der Waals surface area contributed by atoms with Crippen molar-refractivity contribution in [2.45, 2.75) is 0 Å². The Hall–Kier alpha value is -4.92. The second-order valence-corrected chi connectivity index (χ2v) is 11.3. The number of hydrogen-bond donors (Lipinski definition) is 4. The number of halogens is 2. The Morgan fingerprint density at radius 1 is 0.739 bits per heavy atom. The van der Waals surface area contributed by atoms with Crippen molar-refractivity contribution >= 4 is 52.3 Å². The third-order valence-corrected chi connectivity index (χ3v) is 7.79. The standard InChI is InChI=1S/C31H34ClFN8O5/c1-38-17-21(13-25(38)29(43)34-6-7-41-8-10-46-11-9-41)36-31(45)27-15-22(18-40(27)3)37-30(44)26-14-20(16-39(26)2)35-28(42)23-5-4-19(33)12-24(23)32/h4-5,12-18H,6-11H2,1-3H3,(H,34,43)(H,35,42)(H,36,45)(H,37,44). The fraction of sp³-hybridized carbons (Fsp3) is 0.290. The van der Waals surface area contributed by atoms with E-state index in [1.807, 2.05) is 0 Å². The molecule has 0 aliphatic carbocycles. The van der Waals surface area contributed by atoms with Gasteiger partial charge >= 0.3 is 0 Å². The lowest BCUT2D eigenvalue weighted by atomic mass is 10.2. The molecule has 0 spiro atoms. The lowest BCUT2D eigenvalue weighted by molar-refractivity contribution is 0.0383. The number of aryl methyl sites for hydroxylation is 3. The summed E-state index contributed by atoms with van der Waals surface area (Å²) in [4.78, 5) is 53.8. The van der Waals surface area contributed by atoms with E-state index in [1.54, 1.807) is 54.9 Å². The maximum absolute atomic E-state index is 13.3. The number of benzene rings is 1. The highest BCUT2D eigenvalue weighted by molar-refractivity contribution is 6.34. The van der Waals surface area contributed by atoms with Crippen LogP contribution >= 0.6 is 11.6 Å². The molecule has 4 aromatic rings. The van der Waals surface area contributed by atoms with Gasteiger partial charge in [0.2, 0.25) is 0 Å². The average Bonchev–Trinajstić information content (AvgIpc) is 3.68.